The number of ketones is 1. The smallest absolute Gasteiger partial charge is 0.236 e. The molecule has 4 aromatic rings. The SMILES string of the molecule is CC(=O)CC[C@H](N)C(=O)NCCn1cc(-c2cc(-c3c[nH]nc3-c3cccc(C)n3)ccc2F)cn1. The van der Waals surface area contributed by atoms with Crippen LogP contribution < -0.4 is 11.1 Å². The summed E-state index contributed by atoms with van der Waals surface area (Å²) in [6, 6.07) is 9.87. The van der Waals surface area contributed by atoms with Crippen molar-refractivity contribution < 1.29 is 14.0 Å². The minimum Gasteiger partial charge on any atom is -0.353 e. The van der Waals surface area contributed by atoms with Crippen molar-refractivity contribution in [2.24, 2.45) is 5.73 Å². The molecular formula is C26H28FN7O2. The van der Waals surface area contributed by atoms with Gasteiger partial charge in [0, 0.05) is 47.7 Å². The van der Waals surface area contributed by atoms with Crippen LogP contribution in [0.1, 0.15) is 25.5 Å². The van der Waals surface area contributed by atoms with Crippen LogP contribution in [0.3, 0.4) is 0 Å². The van der Waals surface area contributed by atoms with E-state index in [2.05, 4.69) is 25.6 Å². The van der Waals surface area contributed by atoms with Crippen molar-refractivity contribution in [2.45, 2.75) is 39.3 Å². The predicted molar refractivity (Wildman–Crippen MR) is 134 cm³/mol. The minimum absolute atomic E-state index is 0.00514. The van der Waals surface area contributed by atoms with Gasteiger partial charge in [0.1, 0.15) is 17.3 Å². The molecule has 0 aliphatic heterocycles. The highest BCUT2D eigenvalue weighted by Crippen LogP contribution is 2.33. The molecule has 186 valence electrons. The first kappa shape index (κ1) is 24.9. The monoisotopic (exact) mass is 489 g/mol. The Balaban J connectivity index is 1.46. The van der Waals surface area contributed by atoms with E-state index in [1.165, 1.54) is 13.0 Å². The first-order valence-electron chi connectivity index (χ1n) is 11.6. The second-order valence-electron chi connectivity index (χ2n) is 8.64. The number of aryl methyl sites for hydroxylation is 1. The second-order valence-corrected chi connectivity index (χ2v) is 8.64. The van der Waals surface area contributed by atoms with E-state index in [-0.39, 0.29) is 23.9 Å². The van der Waals surface area contributed by atoms with E-state index in [1.807, 2.05) is 25.1 Å². The number of nitrogens with one attached hydrogen (secondary N) is 2. The van der Waals surface area contributed by atoms with Gasteiger partial charge in [-0.25, -0.2) is 4.39 Å². The van der Waals surface area contributed by atoms with Gasteiger partial charge in [-0.2, -0.15) is 10.2 Å². The van der Waals surface area contributed by atoms with Gasteiger partial charge < -0.3 is 15.8 Å². The number of halogens is 1. The molecule has 0 saturated heterocycles. The average molecular weight is 490 g/mol. The zero-order valence-corrected chi connectivity index (χ0v) is 20.2. The molecule has 3 heterocycles. The number of rotatable bonds is 10. The Morgan fingerprint density at radius 3 is 2.81 bits per heavy atom. The highest BCUT2D eigenvalue weighted by atomic mass is 19.1. The van der Waals surface area contributed by atoms with Gasteiger partial charge in [0.15, 0.2) is 0 Å². The maximum atomic E-state index is 14.8. The first-order chi connectivity index (χ1) is 17.3. The summed E-state index contributed by atoms with van der Waals surface area (Å²) in [5, 5.41) is 14.3. The van der Waals surface area contributed by atoms with Gasteiger partial charge in [0.2, 0.25) is 5.91 Å². The third-order valence-corrected chi connectivity index (χ3v) is 5.78. The molecule has 3 aromatic heterocycles. The van der Waals surface area contributed by atoms with Crippen LogP contribution in [0, 0.1) is 12.7 Å². The zero-order valence-electron chi connectivity index (χ0n) is 20.2. The summed E-state index contributed by atoms with van der Waals surface area (Å²) in [7, 11) is 0. The molecule has 1 amide bonds. The normalized spacial score (nSPS) is 11.9. The first-order valence-corrected chi connectivity index (χ1v) is 11.6. The summed E-state index contributed by atoms with van der Waals surface area (Å²) >= 11 is 0. The van der Waals surface area contributed by atoms with E-state index < -0.39 is 6.04 Å². The molecule has 4 N–H and O–H groups in total. The molecule has 0 saturated carbocycles. The number of aromatic nitrogens is 5. The van der Waals surface area contributed by atoms with Crippen LogP contribution in [0.5, 0.6) is 0 Å². The largest absolute Gasteiger partial charge is 0.353 e. The van der Waals surface area contributed by atoms with Gasteiger partial charge in [0.25, 0.3) is 0 Å². The van der Waals surface area contributed by atoms with Gasteiger partial charge >= 0.3 is 0 Å². The number of Topliss-reactive ketones (excluding diaryl/α,β-unsaturated/α-hetero) is 1. The van der Waals surface area contributed by atoms with Crippen LogP contribution in [0.4, 0.5) is 4.39 Å². The van der Waals surface area contributed by atoms with Crippen molar-refractivity contribution in [3.63, 3.8) is 0 Å². The third kappa shape index (κ3) is 5.89. The van der Waals surface area contributed by atoms with E-state index in [0.29, 0.717) is 36.3 Å². The Labute approximate surface area is 207 Å². The number of nitrogens with two attached hydrogens (primary N) is 1. The van der Waals surface area contributed by atoms with Crippen LogP contribution in [0.25, 0.3) is 33.6 Å². The maximum absolute atomic E-state index is 14.8. The summed E-state index contributed by atoms with van der Waals surface area (Å²) in [6.45, 7) is 4.07. The highest BCUT2D eigenvalue weighted by Gasteiger charge is 2.16. The third-order valence-electron chi connectivity index (χ3n) is 5.78. The van der Waals surface area contributed by atoms with Gasteiger partial charge in [-0.3, -0.25) is 19.6 Å². The van der Waals surface area contributed by atoms with Gasteiger partial charge in [-0.1, -0.05) is 12.1 Å². The van der Waals surface area contributed by atoms with E-state index in [1.54, 1.807) is 35.4 Å². The molecule has 9 nitrogen and oxygen atoms in total. The van der Waals surface area contributed by atoms with Gasteiger partial charge in [0.05, 0.1) is 24.5 Å². The van der Waals surface area contributed by atoms with E-state index in [4.69, 9.17) is 5.73 Å². The van der Waals surface area contributed by atoms with Crippen LogP contribution in [-0.4, -0.2) is 49.2 Å². The number of amides is 1. The number of pyridine rings is 1. The van der Waals surface area contributed by atoms with Crippen molar-refractivity contribution in [2.75, 3.05) is 6.54 Å². The minimum atomic E-state index is -0.735. The topological polar surface area (TPSA) is 132 Å². The Bertz CT molecular complexity index is 1380. The molecule has 0 bridgehead atoms. The Kier molecular flexibility index (Phi) is 7.65. The molecule has 36 heavy (non-hydrogen) atoms. The summed E-state index contributed by atoms with van der Waals surface area (Å²) in [5.41, 5.74) is 10.7. The van der Waals surface area contributed by atoms with Gasteiger partial charge in [-0.05, 0) is 50.1 Å². The standard InChI is InChI=1S/C26H28FN7O2/c1-16-4-3-5-24(32-16)25-21(14-30-33-25)18-7-8-22(27)20(12-18)19-13-31-34(15-19)11-10-29-26(36)23(28)9-6-17(2)35/h3-5,7-8,12-15,23H,6,9-11,28H2,1-2H3,(H,29,36)(H,30,33)/t23-/m0/s1. The van der Waals surface area contributed by atoms with Crippen molar-refractivity contribution in [1.82, 2.24) is 30.3 Å². The summed E-state index contributed by atoms with van der Waals surface area (Å²) in [6.07, 6.45) is 5.65. The Morgan fingerprint density at radius 1 is 1.19 bits per heavy atom. The number of benzene rings is 1. The molecule has 1 atom stereocenters. The highest BCUT2D eigenvalue weighted by molar-refractivity contribution is 5.83. The molecule has 4 rings (SSSR count). The van der Waals surface area contributed by atoms with Crippen molar-refractivity contribution in [1.29, 1.82) is 0 Å². The number of H-pyrrole nitrogens is 1. The van der Waals surface area contributed by atoms with Crippen LogP contribution in [0.15, 0.2) is 55.0 Å². The fourth-order valence-electron chi connectivity index (χ4n) is 3.83. The molecule has 0 unspecified atom stereocenters. The quantitative estimate of drug-likeness (QED) is 0.313. The Morgan fingerprint density at radius 2 is 2.03 bits per heavy atom. The molecule has 10 heteroatoms. The fraction of sp³-hybridized carbons (Fsp3) is 0.269. The Hall–Kier alpha value is -4.18. The molecule has 0 fully saturated rings. The fourth-order valence-corrected chi connectivity index (χ4v) is 3.83. The molecule has 0 spiro atoms. The number of nitrogens with zero attached hydrogens (tertiary/aromatic N) is 4. The average Bonchev–Trinajstić information content (AvgIpc) is 3.53. The lowest BCUT2D eigenvalue weighted by Gasteiger charge is -2.11. The van der Waals surface area contributed by atoms with Crippen LogP contribution >= 0.6 is 0 Å². The van der Waals surface area contributed by atoms with Crippen molar-refractivity contribution in [3.8, 4) is 33.6 Å². The van der Waals surface area contributed by atoms with Crippen molar-refractivity contribution >= 4 is 11.7 Å². The molecule has 0 radical (unpaired) electrons. The van der Waals surface area contributed by atoms with E-state index in [9.17, 15) is 14.0 Å². The molecular weight excluding hydrogens is 461 g/mol. The summed E-state index contributed by atoms with van der Waals surface area (Å²) < 4.78 is 16.4. The van der Waals surface area contributed by atoms with Gasteiger partial charge in [-0.15, -0.1) is 0 Å². The number of aromatic amines is 1. The lowest BCUT2D eigenvalue weighted by molar-refractivity contribution is -0.122. The summed E-state index contributed by atoms with van der Waals surface area (Å²) in [5.74, 6) is -0.697. The number of carbonyl (C=O) groups is 2. The number of hydrogen-bond donors (Lipinski definition) is 3. The predicted octanol–water partition coefficient (Wildman–Crippen LogP) is 3.26. The lowest BCUT2D eigenvalue weighted by Crippen LogP contribution is -2.41. The number of hydrogen-bond acceptors (Lipinski definition) is 6. The maximum Gasteiger partial charge on any atom is 0.236 e. The molecule has 0 aliphatic carbocycles. The number of carbonyl (C=O) groups excluding carboxylic acids is 2. The van der Waals surface area contributed by atoms with E-state index >= 15 is 0 Å². The van der Waals surface area contributed by atoms with Crippen molar-refractivity contribution in [3.05, 3.63) is 66.5 Å². The van der Waals surface area contributed by atoms with Crippen LogP contribution in [-0.2, 0) is 16.1 Å². The lowest BCUT2D eigenvalue weighted by atomic mass is 9.99. The second kappa shape index (κ2) is 11.0. The van der Waals surface area contributed by atoms with E-state index in [0.717, 1.165) is 22.5 Å². The molecule has 0 aliphatic rings. The summed E-state index contributed by atoms with van der Waals surface area (Å²) in [4.78, 5) is 27.7. The zero-order chi connectivity index (χ0) is 25.7. The molecule has 1 aromatic carbocycles. The van der Waals surface area contributed by atoms with Crippen LogP contribution in [0.2, 0.25) is 0 Å².